The summed E-state index contributed by atoms with van der Waals surface area (Å²) >= 11 is 0. The highest BCUT2D eigenvalue weighted by Gasteiger charge is 2.48. The highest BCUT2D eigenvalue weighted by Crippen LogP contribution is 2.44. The second-order valence-electron chi connectivity index (χ2n) is 12.0. The molecule has 0 bridgehead atoms. The zero-order chi connectivity index (χ0) is 21.5. The fraction of sp³-hybridized carbons (Fsp3) is 1.00. The molecule has 0 aromatic rings. The molecule has 0 radical (unpaired) electrons. The standard InChI is InChI=1S/C21H46O4Si2/c1-19(2,3)26(9,10)23-15-21(7,8)18(13-16-17(14-22)24-16)25-27(11,12)20(4,5)6/h16-18,22H,13-15H2,1-12H3/t16-,17-,18-/m1/s1. The van der Waals surface area contributed by atoms with E-state index < -0.39 is 16.6 Å². The third-order valence-electron chi connectivity index (χ3n) is 7.04. The van der Waals surface area contributed by atoms with Gasteiger partial charge in [-0.25, -0.2) is 0 Å². The molecule has 0 unspecified atom stereocenters. The van der Waals surface area contributed by atoms with E-state index in [4.69, 9.17) is 13.6 Å². The SMILES string of the molecule is CC(C)(CO[Si](C)(C)C(C)(C)C)[C@@H](C[C@H]1O[C@@H]1CO)O[Si](C)(C)C(C)(C)C. The fourth-order valence-electron chi connectivity index (χ4n) is 2.49. The Bertz CT molecular complexity index is 489. The summed E-state index contributed by atoms with van der Waals surface area (Å²) in [6.07, 6.45) is 0.972. The summed E-state index contributed by atoms with van der Waals surface area (Å²) in [7, 11) is -3.74. The van der Waals surface area contributed by atoms with Gasteiger partial charge in [0, 0.05) is 18.4 Å². The zero-order valence-corrected chi connectivity index (χ0v) is 22.0. The molecule has 6 heteroatoms. The first kappa shape index (κ1) is 25.3. The van der Waals surface area contributed by atoms with Gasteiger partial charge in [0.25, 0.3) is 0 Å². The molecule has 0 aromatic heterocycles. The van der Waals surface area contributed by atoms with E-state index in [1.807, 2.05) is 0 Å². The Kier molecular flexibility index (Phi) is 7.68. The summed E-state index contributed by atoms with van der Waals surface area (Å²) in [6, 6.07) is 0. The summed E-state index contributed by atoms with van der Waals surface area (Å²) in [4.78, 5) is 0. The van der Waals surface area contributed by atoms with Crippen LogP contribution in [0.25, 0.3) is 0 Å². The van der Waals surface area contributed by atoms with Crippen molar-refractivity contribution >= 4 is 16.6 Å². The number of aliphatic hydroxyl groups excluding tert-OH is 1. The Hall–Kier alpha value is 0.274. The van der Waals surface area contributed by atoms with E-state index in [1.165, 1.54) is 0 Å². The Morgan fingerprint density at radius 3 is 1.70 bits per heavy atom. The third-order valence-corrected chi connectivity index (χ3v) is 16.0. The molecule has 1 heterocycles. The van der Waals surface area contributed by atoms with Crippen LogP contribution in [0.15, 0.2) is 0 Å². The predicted molar refractivity (Wildman–Crippen MR) is 119 cm³/mol. The number of epoxide rings is 1. The zero-order valence-electron chi connectivity index (χ0n) is 20.0. The Labute approximate surface area is 170 Å². The molecule has 0 amide bonds. The number of ether oxygens (including phenoxy) is 1. The van der Waals surface area contributed by atoms with Gasteiger partial charge >= 0.3 is 0 Å². The van der Waals surface area contributed by atoms with Gasteiger partial charge < -0.3 is 18.7 Å². The van der Waals surface area contributed by atoms with E-state index in [9.17, 15) is 5.11 Å². The highest BCUT2D eigenvalue weighted by atomic mass is 28.4. The molecule has 0 aromatic carbocycles. The van der Waals surface area contributed by atoms with Crippen molar-refractivity contribution in [1.29, 1.82) is 0 Å². The molecule has 1 rings (SSSR count). The number of hydrogen-bond donors (Lipinski definition) is 1. The van der Waals surface area contributed by atoms with Crippen LogP contribution in [0.5, 0.6) is 0 Å². The molecule has 1 fully saturated rings. The van der Waals surface area contributed by atoms with Crippen molar-refractivity contribution < 1.29 is 18.7 Å². The average molecular weight is 419 g/mol. The first-order valence-electron chi connectivity index (χ1n) is 10.4. The van der Waals surface area contributed by atoms with Gasteiger partial charge in [-0.3, -0.25) is 0 Å². The van der Waals surface area contributed by atoms with Crippen LogP contribution in [-0.4, -0.2) is 53.3 Å². The predicted octanol–water partition coefficient (Wildman–Crippen LogP) is 5.57. The van der Waals surface area contributed by atoms with Gasteiger partial charge in [-0.2, -0.15) is 0 Å². The highest BCUT2D eigenvalue weighted by molar-refractivity contribution is 6.74. The van der Waals surface area contributed by atoms with E-state index in [0.717, 1.165) is 6.42 Å². The minimum Gasteiger partial charge on any atom is -0.416 e. The second kappa shape index (κ2) is 8.19. The van der Waals surface area contributed by atoms with Crippen LogP contribution in [0.1, 0.15) is 61.8 Å². The molecule has 27 heavy (non-hydrogen) atoms. The molecule has 3 atom stereocenters. The van der Waals surface area contributed by atoms with Crippen molar-refractivity contribution in [2.45, 2.75) is 116 Å². The van der Waals surface area contributed by atoms with Gasteiger partial charge in [0.2, 0.25) is 0 Å². The Balaban J connectivity index is 2.95. The molecule has 0 spiro atoms. The lowest BCUT2D eigenvalue weighted by atomic mass is 9.85. The van der Waals surface area contributed by atoms with Gasteiger partial charge in [-0.1, -0.05) is 55.4 Å². The van der Waals surface area contributed by atoms with Crippen molar-refractivity contribution in [1.82, 2.24) is 0 Å². The Morgan fingerprint density at radius 1 is 0.852 bits per heavy atom. The first-order valence-corrected chi connectivity index (χ1v) is 16.2. The van der Waals surface area contributed by atoms with Crippen LogP contribution in [0.3, 0.4) is 0 Å². The molecule has 1 aliphatic heterocycles. The van der Waals surface area contributed by atoms with Crippen LogP contribution in [0.2, 0.25) is 36.3 Å². The summed E-state index contributed by atoms with van der Waals surface area (Å²) in [6.45, 7) is 28.2. The van der Waals surface area contributed by atoms with E-state index in [2.05, 4.69) is 81.6 Å². The van der Waals surface area contributed by atoms with E-state index >= 15 is 0 Å². The van der Waals surface area contributed by atoms with Crippen molar-refractivity contribution in [2.75, 3.05) is 13.2 Å². The molecule has 1 aliphatic rings. The largest absolute Gasteiger partial charge is 0.416 e. The van der Waals surface area contributed by atoms with Gasteiger partial charge in [0.15, 0.2) is 16.6 Å². The topological polar surface area (TPSA) is 51.2 Å². The van der Waals surface area contributed by atoms with Gasteiger partial charge in [0.05, 0.1) is 18.8 Å². The first-order chi connectivity index (χ1) is 11.8. The molecule has 0 aliphatic carbocycles. The molecular formula is C21H46O4Si2. The van der Waals surface area contributed by atoms with Crippen LogP contribution in [0.4, 0.5) is 0 Å². The summed E-state index contributed by atoms with van der Waals surface area (Å²) in [5.74, 6) is 0. The lowest BCUT2D eigenvalue weighted by Gasteiger charge is -2.46. The van der Waals surface area contributed by atoms with Crippen molar-refractivity contribution in [2.24, 2.45) is 5.41 Å². The molecule has 1 N–H and O–H groups in total. The van der Waals surface area contributed by atoms with E-state index in [1.54, 1.807) is 0 Å². The lowest BCUT2D eigenvalue weighted by Crippen LogP contribution is -2.51. The quantitative estimate of drug-likeness (QED) is 0.392. The fourth-order valence-corrected chi connectivity index (χ4v) is 5.14. The van der Waals surface area contributed by atoms with Gasteiger partial charge in [-0.15, -0.1) is 0 Å². The van der Waals surface area contributed by atoms with Crippen LogP contribution < -0.4 is 0 Å². The summed E-state index contributed by atoms with van der Waals surface area (Å²) in [5.41, 5.74) is -0.114. The maximum absolute atomic E-state index is 9.38. The van der Waals surface area contributed by atoms with Gasteiger partial charge in [0.1, 0.15) is 6.10 Å². The molecule has 162 valence electrons. The number of rotatable bonds is 9. The Morgan fingerprint density at radius 2 is 1.33 bits per heavy atom. The average Bonchev–Trinajstić information content (AvgIpc) is 3.20. The lowest BCUT2D eigenvalue weighted by molar-refractivity contribution is 0.0106. The van der Waals surface area contributed by atoms with E-state index in [0.29, 0.717) is 6.61 Å². The summed E-state index contributed by atoms with van der Waals surface area (Å²) < 4.78 is 19.1. The monoisotopic (exact) mass is 418 g/mol. The minimum absolute atomic E-state index is 0.0207. The van der Waals surface area contributed by atoms with Crippen LogP contribution in [0, 0.1) is 5.41 Å². The minimum atomic E-state index is -1.92. The maximum Gasteiger partial charge on any atom is 0.192 e. The number of aliphatic hydroxyl groups is 1. The normalized spacial score (nSPS) is 23.4. The van der Waals surface area contributed by atoms with Crippen LogP contribution >= 0.6 is 0 Å². The molecular weight excluding hydrogens is 372 g/mol. The van der Waals surface area contributed by atoms with Crippen molar-refractivity contribution in [3.05, 3.63) is 0 Å². The molecule has 1 saturated heterocycles. The van der Waals surface area contributed by atoms with Gasteiger partial charge in [-0.05, 0) is 36.3 Å². The molecule has 0 saturated carbocycles. The smallest absolute Gasteiger partial charge is 0.192 e. The molecule has 4 nitrogen and oxygen atoms in total. The van der Waals surface area contributed by atoms with Crippen molar-refractivity contribution in [3.63, 3.8) is 0 Å². The second-order valence-corrected chi connectivity index (χ2v) is 21.6. The number of hydrogen-bond acceptors (Lipinski definition) is 4. The summed E-state index contributed by atoms with van der Waals surface area (Å²) in [5, 5.41) is 9.73. The van der Waals surface area contributed by atoms with Crippen molar-refractivity contribution in [3.8, 4) is 0 Å². The third kappa shape index (κ3) is 6.64. The van der Waals surface area contributed by atoms with E-state index in [-0.39, 0.29) is 40.4 Å². The van der Waals surface area contributed by atoms with Crippen LogP contribution in [-0.2, 0) is 13.6 Å². The maximum atomic E-state index is 9.38.